The van der Waals surface area contributed by atoms with Crippen LogP contribution in [-0.4, -0.2) is 11.1 Å². The lowest BCUT2D eigenvalue weighted by molar-refractivity contribution is 0.0697. The van der Waals surface area contributed by atoms with Crippen LogP contribution in [0.3, 0.4) is 0 Å². The molecule has 0 saturated carbocycles. The molecular weight excluding hydrogens is 212 g/mol. The molecule has 0 fully saturated rings. The third-order valence-corrected chi connectivity index (χ3v) is 3.36. The van der Waals surface area contributed by atoms with Crippen molar-refractivity contribution in [3.8, 4) is 0 Å². The van der Waals surface area contributed by atoms with Gasteiger partial charge in [0.2, 0.25) is 0 Å². The molecular formula is C15H18O2. The predicted molar refractivity (Wildman–Crippen MR) is 69.0 cm³/mol. The second kappa shape index (κ2) is 4.36. The van der Waals surface area contributed by atoms with Crippen LogP contribution >= 0.6 is 0 Å². The molecule has 2 rings (SSSR count). The van der Waals surface area contributed by atoms with Crippen LogP contribution in [0.2, 0.25) is 0 Å². The molecule has 0 spiro atoms. The van der Waals surface area contributed by atoms with Crippen molar-refractivity contribution in [1.82, 2.24) is 0 Å². The zero-order chi connectivity index (χ0) is 12.5. The summed E-state index contributed by atoms with van der Waals surface area (Å²) < 4.78 is 0. The maximum atomic E-state index is 10.9. The Morgan fingerprint density at radius 1 is 1.35 bits per heavy atom. The van der Waals surface area contributed by atoms with Crippen molar-refractivity contribution in [3.63, 3.8) is 0 Å². The van der Waals surface area contributed by atoms with Gasteiger partial charge in [0.1, 0.15) is 0 Å². The summed E-state index contributed by atoms with van der Waals surface area (Å²) in [6.07, 6.45) is 5.55. The first-order valence-electron chi connectivity index (χ1n) is 6.01. The molecule has 0 saturated heterocycles. The highest BCUT2D eigenvalue weighted by atomic mass is 16.4. The van der Waals surface area contributed by atoms with Crippen LogP contribution < -0.4 is 0 Å². The Morgan fingerprint density at radius 2 is 2.12 bits per heavy atom. The average molecular weight is 230 g/mol. The second-order valence-corrected chi connectivity index (χ2v) is 5.49. The highest BCUT2D eigenvalue weighted by molar-refractivity contribution is 5.89. The van der Waals surface area contributed by atoms with E-state index in [0.29, 0.717) is 11.0 Å². The molecule has 0 aromatic heterocycles. The minimum Gasteiger partial charge on any atom is -0.478 e. The first-order chi connectivity index (χ1) is 7.98. The van der Waals surface area contributed by atoms with Gasteiger partial charge in [0.15, 0.2) is 0 Å². The fourth-order valence-electron chi connectivity index (χ4n) is 2.39. The lowest BCUT2D eigenvalue weighted by atomic mass is 9.75. The summed E-state index contributed by atoms with van der Waals surface area (Å²) in [5, 5.41) is 8.99. The van der Waals surface area contributed by atoms with Gasteiger partial charge < -0.3 is 5.11 Å². The van der Waals surface area contributed by atoms with Crippen LogP contribution in [0.4, 0.5) is 0 Å². The molecule has 90 valence electrons. The monoisotopic (exact) mass is 230 g/mol. The quantitative estimate of drug-likeness (QED) is 0.834. The van der Waals surface area contributed by atoms with Crippen LogP contribution in [0, 0.1) is 5.41 Å². The van der Waals surface area contributed by atoms with Crippen molar-refractivity contribution in [2.24, 2.45) is 5.41 Å². The first-order valence-corrected chi connectivity index (χ1v) is 6.01. The SMILES string of the molecule is CC1(C)CCC=C(c2cccc(C(=O)O)c2)C1. The minimum absolute atomic E-state index is 0.323. The zero-order valence-corrected chi connectivity index (χ0v) is 10.4. The Bertz CT molecular complexity index is 470. The second-order valence-electron chi connectivity index (χ2n) is 5.49. The van der Waals surface area contributed by atoms with Gasteiger partial charge in [-0.2, -0.15) is 0 Å². The van der Waals surface area contributed by atoms with Crippen LogP contribution in [0.1, 0.15) is 49.0 Å². The third-order valence-electron chi connectivity index (χ3n) is 3.36. The van der Waals surface area contributed by atoms with E-state index in [2.05, 4.69) is 19.9 Å². The minimum atomic E-state index is -0.859. The Kier molecular flexibility index (Phi) is 3.05. The highest BCUT2D eigenvalue weighted by Gasteiger charge is 2.23. The van der Waals surface area contributed by atoms with Crippen molar-refractivity contribution in [3.05, 3.63) is 41.5 Å². The molecule has 0 unspecified atom stereocenters. The molecule has 1 aliphatic carbocycles. The van der Waals surface area contributed by atoms with Gasteiger partial charge in [0.05, 0.1) is 5.56 Å². The van der Waals surface area contributed by atoms with Gasteiger partial charge in [-0.05, 0) is 47.9 Å². The molecule has 1 aliphatic rings. The number of hydrogen-bond acceptors (Lipinski definition) is 1. The number of aromatic carboxylic acids is 1. The fraction of sp³-hybridized carbons (Fsp3) is 0.400. The number of carboxylic acids is 1. The number of benzene rings is 1. The smallest absolute Gasteiger partial charge is 0.335 e. The summed E-state index contributed by atoms with van der Waals surface area (Å²) in [6.45, 7) is 4.53. The van der Waals surface area contributed by atoms with Gasteiger partial charge >= 0.3 is 5.97 Å². The normalized spacial score (nSPS) is 18.6. The predicted octanol–water partition coefficient (Wildman–Crippen LogP) is 3.98. The summed E-state index contributed by atoms with van der Waals surface area (Å²) in [7, 11) is 0. The number of allylic oxidation sites excluding steroid dienone is 2. The molecule has 1 N–H and O–H groups in total. The van der Waals surface area contributed by atoms with E-state index in [0.717, 1.165) is 18.4 Å². The molecule has 0 amide bonds. The van der Waals surface area contributed by atoms with Crippen molar-refractivity contribution < 1.29 is 9.90 Å². The van der Waals surface area contributed by atoms with Crippen molar-refractivity contribution in [1.29, 1.82) is 0 Å². The van der Waals surface area contributed by atoms with Gasteiger partial charge in [0, 0.05) is 0 Å². The molecule has 0 heterocycles. The van der Waals surface area contributed by atoms with Gasteiger partial charge in [-0.1, -0.05) is 32.1 Å². The van der Waals surface area contributed by atoms with E-state index in [1.54, 1.807) is 12.1 Å². The molecule has 0 atom stereocenters. The Hall–Kier alpha value is -1.57. The van der Waals surface area contributed by atoms with E-state index in [1.807, 2.05) is 12.1 Å². The summed E-state index contributed by atoms with van der Waals surface area (Å²) >= 11 is 0. The largest absolute Gasteiger partial charge is 0.478 e. The van der Waals surface area contributed by atoms with E-state index in [9.17, 15) is 4.79 Å². The Morgan fingerprint density at radius 3 is 2.76 bits per heavy atom. The fourth-order valence-corrected chi connectivity index (χ4v) is 2.39. The van der Waals surface area contributed by atoms with Gasteiger partial charge in [-0.25, -0.2) is 4.79 Å². The third kappa shape index (κ3) is 2.76. The number of carbonyl (C=O) groups is 1. The molecule has 1 aromatic rings. The van der Waals surface area contributed by atoms with Crippen molar-refractivity contribution in [2.75, 3.05) is 0 Å². The van der Waals surface area contributed by atoms with E-state index >= 15 is 0 Å². The molecule has 0 bridgehead atoms. The molecule has 2 heteroatoms. The summed E-state index contributed by atoms with van der Waals surface area (Å²) in [5.74, 6) is -0.859. The van der Waals surface area contributed by atoms with Gasteiger partial charge in [-0.3, -0.25) is 0 Å². The molecule has 2 nitrogen and oxygen atoms in total. The summed E-state index contributed by atoms with van der Waals surface area (Å²) in [4.78, 5) is 10.9. The van der Waals surface area contributed by atoms with Gasteiger partial charge in [0.25, 0.3) is 0 Å². The number of rotatable bonds is 2. The summed E-state index contributed by atoms with van der Waals surface area (Å²) in [6, 6.07) is 7.23. The molecule has 17 heavy (non-hydrogen) atoms. The van der Waals surface area contributed by atoms with Crippen molar-refractivity contribution in [2.45, 2.75) is 33.1 Å². The summed E-state index contributed by atoms with van der Waals surface area (Å²) in [5.41, 5.74) is 3.03. The van der Waals surface area contributed by atoms with E-state index in [4.69, 9.17) is 5.11 Å². The van der Waals surface area contributed by atoms with Crippen LogP contribution in [0.5, 0.6) is 0 Å². The maximum Gasteiger partial charge on any atom is 0.335 e. The first kappa shape index (κ1) is 11.9. The lowest BCUT2D eigenvalue weighted by Gasteiger charge is -2.30. The van der Waals surface area contributed by atoms with E-state index < -0.39 is 5.97 Å². The Balaban J connectivity index is 2.31. The van der Waals surface area contributed by atoms with E-state index in [-0.39, 0.29) is 0 Å². The van der Waals surface area contributed by atoms with Gasteiger partial charge in [-0.15, -0.1) is 0 Å². The average Bonchev–Trinajstić information content (AvgIpc) is 2.28. The number of carboxylic acid groups (broad SMARTS) is 1. The molecule has 1 aromatic carbocycles. The van der Waals surface area contributed by atoms with Crippen LogP contribution in [-0.2, 0) is 0 Å². The van der Waals surface area contributed by atoms with Crippen molar-refractivity contribution >= 4 is 11.5 Å². The highest BCUT2D eigenvalue weighted by Crippen LogP contribution is 2.39. The zero-order valence-electron chi connectivity index (χ0n) is 10.4. The molecule has 0 aliphatic heterocycles. The van der Waals surface area contributed by atoms with Crippen LogP contribution in [0.25, 0.3) is 5.57 Å². The number of hydrogen-bond donors (Lipinski definition) is 1. The topological polar surface area (TPSA) is 37.3 Å². The molecule has 0 radical (unpaired) electrons. The van der Waals surface area contributed by atoms with E-state index in [1.165, 1.54) is 12.0 Å². The maximum absolute atomic E-state index is 10.9. The lowest BCUT2D eigenvalue weighted by Crippen LogP contribution is -2.15. The Labute approximate surface area is 102 Å². The standard InChI is InChI=1S/C15H18O2/c1-15(2)8-4-7-13(10-15)11-5-3-6-12(9-11)14(16)17/h3,5-7,9H,4,8,10H2,1-2H3,(H,16,17). The van der Waals surface area contributed by atoms with Crippen LogP contribution in [0.15, 0.2) is 30.3 Å².